The Kier molecular flexibility index (Phi) is 4.40. The quantitative estimate of drug-likeness (QED) is 0.535. The number of rotatable bonds is 5. The molecule has 0 unspecified atom stereocenters. The fourth-order valence-corrected chi connectivity index (χ4v) is 2.74. The number of imidazole rings is 1. The number of pyridine rings is 2. The molecule has 0 atom stereocenters. The van der Waals surface area contributed by atoms with Crippen LogP contribution in [0.5, 0.6) is 0 Å². The summed E-state index contributed by atoms with van der Waals surface area (Å²) in [5, 5.41) is 17.7. The summed E-state index contributed by atoms with van der Waals surface area (Å²) in [6.45, 7) is 0. The first-order valence-electron chi connectivity index (χ1n) is 8.31. The van der Waals surface area contributed by atoms with Crippen LogP contribution < -0.4 is 0 Å². The van der Waals surface area contributed by atoms with Crippen molar-refractivity contribution in [1.29, 1.82) is 0 Å². The summed E-state index contributed by atoms with van der Waals surface area (Å²) in [7, 11) is 0. The minimum absolute atomic E-state index is 0.126. The Morgan fingerprint density at radius 3 is 2.44 bits per heavy atom. The highest BCUT2D eigenvalue weighted by Crippen LogP contribution is 2.24. The number of carbonyl (C=O) groups is 1. The molecule has 1 aromatic carbocycles. The highest BCUT2D eigenvalue weighted by molar-refractivity contribution is 5.91. The Morgan fingerprint density at radius 2 is 1.70 bits per heavy atom. The van der Waals surface area contributed by atoms with Crippen LogP contribution in [0.15, 0.2) is 83.4 Å². The van der Waals surface area contributed by atoms with E-state index in [1.54, 1.807) is 41.2 Å². The van der Waals surface area contributed by atoms with Gasteiger partial charge in [0.15, 0.2) is 11.5 Å². The van der Waals surface area contributed by atoms with E-state index in [-0.39, 0.29) is 11.5 Å². The van der Waals surface area contributed by atoms with Crippen LogP contribution in [-0.4, -0.2) is 25.4 Å². The van der Waals surface area contributed by atoms with E-state index in [0.717, 1.165) is 12.0 Å². The van der Waals surface area contributed by atoms with Crippen LogP contribution in [-0.2, 0) is 6.42 Å². The molecule has 7 heteroatoms. The maximum atomic E-state index is 11.4. The van der Waals surface area contributed by atoms with Crippen molar-refractivity contribution in [2.24, 2.45) is 10.2 Å². The molecule has 0 aliphatic carbocycles. The van der Waals surface area contributed by atoms with E-state index in [9.17, 15) is 9.90 Å². The molecule has 27 heavy (non-hydrogen) atoms. The lowest BCUT2D eigenvalue weighted by atomic mass is 10.1. The Balaban J connectivity index is 1.59. The van der Waals surface area contributed by atoms with E-state index in [0.29, 0.717) is 11.3 Å². The fourth-order valence-electron chi connectivity index (χ4n) is 2.74. The Morgan fingerprint density at radius 1 is 0.963 bits per heavy atom. The predicted molar refractivity (Wildman–Crippen MR) is 99.8 cm³/mol. The number of carboxylic acids is 1. The van der Waals surface area contributed by atoms with Crippen molar-refractivity contribution in [3.8, 4) is 0 Å². The van der Waals surface area contributed by atoms with Crippen LogP contribution >= 0.6 is 0 Å². The summed E-state index contributed by atoms with van der Waals surface area (Å²) in [5.74, 6) is -0.945. The molecule has 0 saturated carbocycles. The smallest absolute Gasteiger partial charge is 0.358 e. The van der Waals surface area contributed by atoms with Crippen LogP contribution in [0.4, 0.5) is 11.5 Å². The molecule has 0 aliphatic heterocycles. The lowest BCUT2D eigenvalue weighted by Gasteiger charge is -2.01. The Hall–Kier alpha value is -3.87. The highest BCUT2D eigenvalue weighted by atomic mass is 16.4. The van der Waals surface area contributed by atoms with Gasteiger partial charge in [-0.25, -0.2) is 9.78 Å². The van der Waals surface area contributed by atoms with Gasteiger partial charge >= 0.3 is 5.97 Å². The van der Waals surface area contributed by atoms with Crippen LogP contribution in [0.25, 0.3) is 5.65 Å². The fraction of sp³-hybridized carbons (Fsp3) is 0.0500. The second-order valence-electron chi connectivity index (χ2n) is 5.92. The second kappa shape index (κ2) is 7.17. The molecule has 0 bridgehead atoms. The number of aromatic nitrogens is 3. The van der Waals surface area contributed by atoms with Gasteiger partial charge in [-0.2, -0.15) is 0 Å². The van der Waals surface area contributed by atoms with Gasteiger partial charge < -0.3 is 5.11 Å². The number of carboxylic acid groups (broad SMARTS) is 1. The maximum absolute atomic E-state index is 11.4. The average Bonchev–Trinajstić information content (AvgIpc) is 3.07. The molecular weight excluding hydrogens is 342 g/mol. The monoisotopic (exact) mass is 357 g/mol. The SMILES string of the molecule is O=C(O)c1nc2ccccn2c1N=Nc1ccc(Cc2ccncc2)cc1. The first-order valence-corrected chi connectivity index (χ1v) is 8.31. The molecule has 1 N–H and O–H groups in total. The average molecular weight is 357 g/mol. The summed E-state index contributed by atoms with van der Waals surface area (Å²) in [6.07, 6.45) is 6.05. The van der Waals surface area contributed by atoms with Gasteiger partial charge in [-0.15, -0.1) is 10.2 Å². The van der Waals surface area contributed by atoms with E-state index in [1.165, 1.54) is 5.56 Å². The first-order chi connectivity index (χ1) is 13.2. The van der Waals surface area contributed by atoms with Crippen molar-refractivity contribution in [2.45, 2.75) is 6.42 Å². The van der Waals surface area contributed by atoms with Crippen LogP contribution in [0.2, 0.25) is 0 Å². The van der Waals surface area contributed by atoms with Crippen LogP contribution in [0.3, 0.4) is 0 Å². The molecule has 0 amide bonds. The molecule has 3 aromatic heterocycles. The molecular formula is C20H15N5O2. The van der Waals surface area contributed by atoms with Gasteiger partial charge in [-0.05, 0) is 53.9 Å². The summed E-state index contributed by atoms with van der Waals surface area (Å²) < 4.78 is 1.60. The third-order valence-electron chi connectivity index (χ3n) is 4.06. The number of aromatic carboxylic acids is 1. The van der Waals surface area contributed by atoms with E-state index in [4.69, 9.17) is 0 Å². The Labute approximate surface area is 154 Å². The lowest BCUT2D eigenvalue weighted by Crippen LogP contribution is -1.96. The molecule has 0 fully saturated rings. The molecule has 0 saturated heterocycles. The first kappa shape index (κ1) is 16.6. The minimum atomic E-state index is -1.14. The normalized spacial score (nSPS) is 11.3. The Bertz CT molecular complexity index is 1120. The maximum Gasteiger partial charge on any atom is 0.358 e. The van der Waals surface area contributed by atoms with Crippen LogP contribution in [0.1, 0.15) is 21.6 Å². The second-order valence-corrected chi connectivity index (χ2v) is 5.92. The number of hydrogen-bond donors (Lipinski definition) is 1. The van der Waals surface area contributed by atoms with Crippen molar-refractivity contribution in [2.75, 3.05) is 0 Å². The highest BCUT2D eigenvalue weighted by Gasteiger charge is 2.17. The molecule has 0 aliphatic rings. The number of fused-ring (bicyclic) bond motifs is 1. The van der Waals surface area contributed by atoms with Crippen molar-refractivity contribution in [3.05, 3.63) is 90.0 Å². The zero-order valence-corrected chi connectivity index (χ0v) is 14.2. The van der Waals surface area contributed by atoms with E-state index in [1.807, 2.05) is 36.4 Å². The van der Waals surface area contributed by atoms with Crippen molar-refractivity contribution >= 4 is 23.1 Å². The van der Waals surface area contributed by atoms with E-state index in [2.05, 4.69) is 20.2 Å². The minimum Gasteiger partial charge on any atom is -0.476 e. The van der Waals surface area contributed by atoms with E-state index >= 15 is 0 Å². The van der Waals surface area contributed by atoms with Gasteiger partial charge in [0.25, 0.3) is 0 Å². The molecule has 7 nitrogen and oxygen atoms in total. The predicted octanol–water partition coefficient (Wildman–Crippen LogP) is 4.43. The third-order valence-corrected chi connectivity index (χ3v) is 4.06. The standard InChI is InChI=1S/C20H15N5O2/c26-20(27)18-19(25-12-2-1-3-17(25)22-18)24-23-16-6-4-14(5-7-16)13-15-8-10-21-11-9-15/h1-12H,13H2,(H,26,27). The summed E-state index contributed by atoms with van der Waals surface area (Å²) in [5.41, 5.74) is 3.34. The largest absolute Gasteiger partial charge is 0.476 e. The molecule has 0 radical (unpaired) electrons. The zero-order valence-electron chi connectivity index (χ0n) is 14.2. The number of azo groups is 1. The van der Waals surface area contributed by atoms with Crippen molar-refractivity contribution in [1.82, 2.24) is 14.4 Å². The number of benzene rings is 1. The molecule has 4 aromatic rings. The lowest BCUT2D eigenvalue weighted by molar-refractivity contribution is 0.0692. The molecule has 3 heterocycles. The number of hydrogen-bond acceptors (Lipinski definition) is 5. The summed E-state index contributed by atoms with van der Waals surface area (Å²) >= 11 is 0. The van der Waals surface area contributed by atoms with Gasteiger partial charge in [-0.1, -0.05) is 18.2 Å². The van der Waals surface area contributed by atoms with Gasteiger partial charge in [0.05, 0.1) is 5.69 Å². The topological polar surface area (TPSA) is 92.2 Å². The summed E-state index contributed by atoms with van der Waals surface area (Å²) in [4.78, 5) is 19.5. The van der Waals surface area contributed by atoms with Crippen molar-refractivity contribution < 1.29 is 9.90 Å². The van der Waals surface area contributed by atoms with E-state index < -0.39 is 5.97 Å². The summed E-state index contributed by atoms with van der Waals surface area (Å²) in [6, 6.07) is 16.9. The van der Waals surface area contributed by atoms with Gasteiger partial charge in [-0.3, -0.25) is 9.38 Å². The van der Waals surface area contributed by atoms with Gasteiger partial charge in [0.1, 0.15) is 5.65 Å². The van der Waals surface area contributed by atoms with Gasteiger partial charge in [0, 0.05) is 18.6 Å². The third kappa shape index (κ3) is 3.57. The number of nitrogens with zero attached hydrogens (tertiary/aromatic N) is 5. The molecule has 132 valence electrons. The van der Waals surface area contributed by atoms with Crippen molar-refractivity contribution in [3.63, 3.8) is 0 Å². The molecule has 4 rings (SSSR count). The van der Waals surface area contributed by atoms with Gasteiger partial charge in [0.2, 0.25) is 0 Å². The zero-order chi connectivity index (χ0) is 18.6. The molecule has 0 spiro atoms. The van der Waals surface area contributed by atoms with Crippen LogP contribution in [0, 0.1) is 0 Å².